The van der Waals surface area contributed by atoms with E-state index in [2.05, 4.69) is 50.4 Å². The first-order valence-corrected chi connectivity index (χ1v) is 8.82. The van der Waals surface area contributed by atoms with Gasteiger partial charge < -0.3 is 10.1 Å². The van der Waals surface area contributed by atoms with Crippen LogP contribution in [0.2, 0.25) is 0 Å². The summed E-state index contributed by atoms with van der Waals surface area (Å²) in [6, 6.07) is 16.3. The van der Waals surface area contributed by atoms with Crippen LogP contribution in [0, 0.1) is 0 Å². The van der Waals surface area contributed by atoms with Gasteiger partial charge in [-0.1, -0.05) is 57.2 Å². The molecule has 2 rings (SSSR count). The molecule has 0 saturated heterocycles. The maximum absolute atomic E-state index is 12.2. The molecule has 1 atom stereocenters. The SMILES string of the molecule is COc1ccc([C@@H](C)NC(=O)CCc2ccc(C(C)(C)C)cc2)cc1. The third kappa shape index (κ3) is 5.63. The number of rotatable bonds is 6. The summed E-state index contributed by atoms with van der Waals surface area (Å²) in [5.41, 5.74) is 3.74. The zero-order chi connectivity index (χ0) is 18.4. The van der Waals surface area contributed by atoms with Crippen LogP contribution in [-0.2, 0) is 16.6 Å². The summed E-state index contributed by atoms with van der Waals surface area (Å²) in [6.07, 6.45) is 1.25. The molecule has 3 heteroatoms. The fourth-order valence-corrected chi connectivity index (χ4v) is 2.72. The zero-order valence-corrected chi connectivity index (χ0v) is 15.9. The Balaban J connectivity index is 1.85. The predicted octanol–water partition coefficient (Wildman–Crippen LogP) is 4.80. The molecule has 1 amide bonds. The Morgan fingerprint density at radius 3 is 2.16 bits per heavy atom. The van der Waals surface area contributed by atoms with E-state index < -0.39 is 0 Å². The number of carbonyl (C=O) groups is 1. The van der Waals surface area contributed by atoms with Crippen molar-refractivity contribution in [1.29, 1.82) is 0 Å². The van der Waals surface area contributed by atoms with Gasteiger partial charge in [-0.25, -0.2) is 0 Å². The second-order valence-electron chi connectivity index (χ2n) is 7.51. The molecule has 0 bridgehead atoms. The number of methoxy groups -OCH3 is 1. The Hall–Kier alpha value is -2.29. The van der Waals surface area contributed by atoms with Crippen LogP contribution in [0.4, 0.5) is 0 Å². The molecule has 134 valence electrons. The molecule has 2 aromatic carbocycles. The van der Waals surface area contributed by atoms with E-state index in [1.807, 2.05) is 31.2 Å². The number of nitrogens with one attached hydrogen (secondary N) is 1. The van der Waals surface area contributed by atoms with Gasteiger partial charge in [-0.15, -0.1) is 0 Å². The number of carbonyl (C=O) groups excluding carboxylic acids is 1. The lowest BCUT2D eigenvalue weighted by Gasteiger charge is -2.19. The number of amides is 1. The topological polar surface area (TPSA) is 38.3 Å². The molecule has 0 spiro atoms. The molecule has 0 aliphatic rings. The van der Waals surface area contributed by atoms with Gasteiger partial charge in [0.05, 0.1) is 13.2 Å². The highest BCUT2D eigenvalue weighted by Gasteiger charge is 2.13. The van der Waals surface area contributed by atoms with Crippen molar-refractivity contribution in [2.75, 3.05) is 7.11 Å². The highest BCUT2D eigenvalue weighted by atomic mass is 16.5. The molecule has 0 radical (unpaired) electrons. The fourth-order valence-electron chi connectivity index (χ4n) is 2.72. The van der Waals surface area contributed by atoms with Crippen LogP contribution in [0.3, 0.4) is 0 Å². The molecule has 0 saturated carbocycles. The quantitative estimate of drug-likeness (QED) is 0.821. The van der Waals surface area contributed by atoms with Crippen LogP contribution in [0.5, 0.6) is 5.75 Å². The maximum Gasteiger partial charge on any atom is 0.220 e. The number of hydrogen-bond acceptors (Lipinski definition) is 2. The molecule has 0 aliphatic carbocycles. The fraction of sp³-hybridized carbons (Fsp3) is 0.409. The lowest BCUT2D eigenvalue weighted by atomic mass is 9.86. The number of ether oxygens (including phenoxy) is 1. The number of aryl methyl sites for hydroxylation is 1. The average molecular weight is 339 g/mol. The van der Waals surface area contributed by atoms with Gasteiger partial charge >= 0.3 is 0 Å². The molecule has 0 aromatic heterocycles. The number of hydrogen-bond donors (Lipinski definition) is 1. The van der Waals surface area contributed by atoms with Crippen molar-refractivity contribution in [3.05, 3.63) is 65.2 Å². The largest absolute Gasteiger partial charge is 0.497 e. The molecule has 3 nitrogen and oxygen atoms in total. The zero-order valence-electron chi connectivity index (χ0n) is 15.9. The van der Waals surface area contributed by atoms with Gasteiger partial charge in [-0.3, -0.25) is 4.79 Å². The van der Waals surface area contributed by atoms with Gasteiger partial charge in [0.15, 0.2) is 0 Å². The van der Waals surface area contributed by atoms with E-state index in [0.717, 1.165) is 17.7 Å². The first-order valence-electron chi connectivity index (χ1n) is 8.82. The summed E-state index contributed by atoms with van der Waals surface area (Å²) >= 11 is 0. The molecular weight excluding hydrogens is 310 g/mol. The van der Waals surface area contributed by atoms with E-state index in [9.17, 15) is 4.79 Å². The second kappa shape index (κ2) is 8.19. The first kappa shape index (κ1) is 19.0. The summed E-state index contributed by atoms with van der Waals surface area (Å²) < 4.78 is 5.16. The molecule has 25 heavy (non-hydrogen) atoms. The Kier molecular flexibility index (Phi) is 6.24. The normalized spacial score (nSPS) is 12.5. The minimum atomic E-state index is -0.0123. The molecule has 1 N–H and O–H groups in total. The minimum absolute atomic E-state index is 0.0123. The Bertz CT molecular complexity index is 681. The third-order valence-electron chi connectivity index (χ3n) is 4.45. The molecule has 0 fully saturated rings. The summed E-state index contributed by atoms with van der Waals surface area (Å²) in [6.45, 7) is 8.61. The van der Waals surface area contributed by atoms with E-state index in [-0.39, 0.29) is 17.4 Å². The van der Waals surface area contributed by atoms with Crippen molar-refractivity contribution in [2.45, 2.75) is 52.0 Å². The molecule has 0 unspecified atom stereocenters. The van der Waals surface area contributed by atoms with E-state index in [4.69, 9.17) is 4.74 Å². The van der Waals surface area contributed by atoms with Crippen molar-refractivity contribution in [1.82, 2.24) is 5.32 Å². The highest BCUT2D eigenvalue weighted by Crippen LogP contribution is 2.22. The van der Waals surface area contributed by atoms with E-state index >= 15 is 0 Å². The van der Waals surface area contributed by atoms with Crippen molar-refractivity contribution in [2.24, 2.45) is 0 Å². The standard InChI is InChI=1S/C22H29NO2/c1-16(18-9-13-20(25-5)14-10-18)23-21(24)15-8-17-6-11-19(12-7-17)22(2,3)4/h6-7,9-14,16H,8,15H2,1-5H3,(H,23,24)/t16-/m1/s1. The minimum Gasteiger partial charge on any atom is -0.497 e. The molecular formula is C22H29NO2. The molecule has 2 aromatic rings. The van der Waals surface area contributed by atoms with Crippen LogP contribution < -0.4 is 10.1 Å². The molecule has 0 heterocycles. The Morgan fingerprint density at radius 2 is 1.64 bits per heavy atom. The Morgan fingerprint density at radius 1 is 1.04 bits per heavy atom. The average Bonchev–Trinajstić information content (AvgIpc) is 2.59. The van der Waals surface area contributed by atoms with E-state index in [1.54, 1.807) is 7.11 Å². The Labute approximate surface area is 151 Å². The van der Waals surface area contributed by atoms with Crippen LogP contribution in [0.15, 0.2) is 48.5 Å². The summed E-state index contributed by atoms with van der Waals surface area (Å²) in [5, 5.41) is 3.06. The van der Waals surface area contributed by atoms with Crippen LogP contribution in [0.1, 0.15) is 56.8 Å². The van der Waals surface area contributed by atoms with Crippen molar-refractivity contribution in [3.8, 4) is 5.75 Å². The van der Waals surface area contributed by atoms with Crippen molar-refractivity contribution < 1.29 is 9.53 Å². The van der Waals surface area contributed by atoms with Crippen molar-refractivity contribution in [3.63, 3.8) is 0 Å². The highest BCUT2D eigenvalue weighted by molar-refractivity contribution is 5.76. The third-order valence-corrected chi connectivity index (χ3v) is 4.45. The second-order valence-corrected chi connectivity index (χ2v) is 7.51. The molecule has 0 aliphatic heterocycles. The first-order chi connectivity index (χ1) is 11.8. The van der Waals surface area contributed by atoms with Gasteiger partial charge in [0.2, 0.25) is 5.91 Å². The lowest BCUT2D eigenvalue weighted by Crippen LogP contribution is -2.26. The van der Waals surface area contributed by atoms with Crippen LogP contribution in [-0.4, -0.2) is 13.0 Å². The van der Waals surface area contributed by atoms with E-state index in [1.165, 1.54) is 11.1 Å². The number of benzene rings is 2. The van der Waals surface area contributed by atoms with Gasteiger partial charge in [-0.05, 0) is 47.6 Å². The van der Waals surface area contributed by atoms with Gasteiger partial charge in [0, 0.05) is 6.42 Å². The van der Waals surface area contributed by atoms with Gasteiger partial charge in [0.25, 0.3) is 0 Å². The van der Waals surface area contributed by atoms with Crippen LogP contribution in [0.25, 0.3) is 0 Å². The monoisotopic (exact) mass is 339 g/mol. The van der Waals surface area contributed by atoms with Gasteiger partial charge in [-0.2, -0.15) is 0 Å². The van der Waals surface area contributed by atoms with Crippen molar-refractivity contribution >= 4 is 5.91 Å². The lowest BCUT2D eigenvalue weighted by molar-refractivity contribution is -0.121. The summed E-state index contributed by atoms with van der Waals surface area (Å²) in [4.78, 5) is 12.2. The summed E-state index contributed by atoms with van der Waals surface area (Å²) in [5.74, 6) is 0.893. The maximum atomic E-state index is 12.2. The smallest absolute Gasteiger partial charge is 0.220 e. The van der Waals surface area contributed by atoms with Gasteiger partial charge in [0.1, 0.15) is 5.75 Å². The predicted molar refractivity (Wildman–Crippen MR) is 103 cm³/mol. The summed E-state index contributed by atoms with van der Waals surface area (Å²) in [7, 11) is 1.65. The van der Waals surface area contributed by atoms with E-state index in [0.29, 0.717) is 6.42 Å². The van der Waals surface area contributed by atoms with Crippen LogP contribution >= 0.6 is 0 Å².